The quantitative estimate of drug-likeness (QED) is 0.0782. The first-order valence-electron chi connectivity index (χ1n) is 18.7. The maximum Gasteiger partial charge on any atom is 0.309 e. The molecule has 0 aliphatic carbocycles. The number of hydrogen-bond donors (Lipinski definition) is 2. The summed E-state index contributed by atoms with van der Waals surface area (Å²) in [5, 5.41) is 21.4. The van der Waals surface area contributed by atoms with Crippen molar-refractivity contribution in [1.29, 1.82) is 0 Å². The standard InChI is InChI=1S/C37H66O7/c1-3-4-5-6-7-11-14-17-20-31(39)33-22-24-35(43-33)36-25-23-34(44-36)32(40)21-18-15-12-9-8-10-13-16-19-30-27-29(26-28(2)38)37(41)42-30/h29-36,39-40H,3-27H2,1-2H3/t29-,30-,31+,32-,33-,34-,35-,36-/m1/s1. The number of hydrogen-bond acceptors (Lipinski definition) is 7. The molecule has 3 fully saturated rings. The number of aliphatic hydroxyl groups is 2. The molecule has 0 saturated carbocycles. The van der Waals surface area contributed by atoms with Gasteiger partial charge in [-0.15, -0.1) is 0 Å². The minimum atomic E-state index is -0.399. The topological polar surface area (TPSA) is 102 Å². The average Bonchev–Trinajstić information content (AvgIpc) is 3.75. The Morgan fingerprint density at radius 2 is 1.16 bits per heavy atom. The maximum absolute atomic E-state index is 11.9. The van der Waals surface area contributed by atoms with E-state index >= 15 is 0 Å². The zero-order valence-corrected chi connectivity index (χ0v) is 28.2. The number of ketones is 1. The van der Waals surface area contributed by atoms with Crippen molar-refractivity contribution in [1.82, 2.24) is 0 Å². The van der Waals surface area contributed by atoms with Gasteiger partial charge < -0.3 is 29.2 Å². The first kappa shape index (κ1) is 37.4. The summed E-state index contributed by atoms with van der Waals surface area (Å²) in [6, 6.07) is 0. The van der Waals surface area contributed by atoms with Gasteiger partial charge in [0.15, 0.2) is 0 Å². The lowest BCUT2D eigenvalue weighted by Gasteiger charge is -2.24. The molecule has 0 bridgehead atoms. The highest BCUT2D eigenvalue weighted by molar-refractivity contribution is 5.83. The molecule has 0 amide bonds. The highest BCUT2D eigenvalue weighted by Gasteiger charge is 2.40. The van der Waals surface area contributed by atoms with E-state index in [1.165, 1.54) is 77.6 Å². The van der Waals surface area contributed by atoms with Crippen molar-refractivity contribution in [3.63, 3.8) is 0 Å². The van der Waals surface area contributed by atoms with Crippen LogP contribution in [0.2, 0.25) is 0 Å². The zero-order valence-electron chi connectivity index (χ0n) is 28.2. The van der Waals surface area contributed by atoms with Crippen LogP contribution in [0.3, 0.4) is 0 Å². The monoisotopic (exact) mass is 622 g/mol. The lowest BCUT2D eigenvalue weighted by Crippen LogP contribution is -2.33. The van der Waals surface area contributed by atoms with Crippen LogP contribution in [0.15, 0.2) is 0 Å². The first-order valence-corrected chi connectivity index (χ1v) is 18.7. The minimum Gasteiger partial charge on any atom is -0.462 e. The van der Waals surface area contributed by atoms with Gasteiger partial charge in [-0.1, -0.05) is 103 Å². The highest BCUT2D eigenvalue weighted by atomic mass is 16.6. The number of rotatable bonds is 25. The molecule has 7 nitrogen and oxygen atoms in total. The van der Waals surface area contributed by atoms with E-state index in [-0.39, 0.29) is 54.3 Å². The van der Waals surface area contributed by atoms with Crippen LogP contribution < -0.4 is 0 Å². The number of carbonyl (C=O) groups excluding carboxylic acids is 2. The lowest BCUT2D eigenvalue weighted by molar-refractivity contribution is -0.145. The van der Waals surface area contributed by atoms with Crippen LogP contribution >= 0.6 is 0 Å². The van der Waals surface area contributed by atoms with Gasteiger partial charge in [-0.05, 0) is 64.7 Å². The molecular formula is C37H66O7. The Morgan fingerprint density at radius 3 is 1.64 bits per heavy atom. The van der Waals surface area contributed by atoms with Gasteiger partial charge in [0, 0.05) is 6.42 Å². The first-order chi connectivity index (χ1) is 21.4. The van der Waals surface area contributed by atoms with Crippen LogP contribution in [0.4, 0.5) is 0 Å². The second kappa shape index (κ2) is 21.7. The Kier molecular flexibility index (Phi) is 18.5. The second-order valence-corrected chi connectivity index (χ2v) is 14.3. The molecule has 44 heavy (non-hydrogen) atoms. The summed E-state index contributed by atoms with van der Waals surface area (Å²) in [5.74, 6) is -0.348. The molecule has 0 aromatic heterocycles. The molecule has 3 saturated heterocycles. The van der Waals surface area contributed by atoms with Crippen molar-refractivity contribution >= 4 is 11.8 Å². The maximum atomic E-state index is 11.9. The number of cyclic esters (lactones) is 1. The third kappa shape index (κ3) is 14.2. The number of esters is 1. The third-order valence-electron chi connectivity index (χ3n) is 10.3. The fourth-order valence-electron chi connectivity index (χ4n) is 7.55. The number of aliphatic hydroxyl groups excluding tert-OH is 2. The number of Topliss-reactive ketones (excluding diaryl/α,β-unsaturated/α-hetero) is 1. The van der Waals surface area contributed by atoms with Gasteiger partial charge in [0.2, 0.25) is 0 Å². The Morgan fingerprint density at radius 1 is 0.705 bits per heavy atom. The fraction of sp³-hybridized carbons (Fsp3) is 0.946. The minimum absolute atomic E-state index is 0.00211. The highest BCUT2D eigenvalue weighted by Crippen LogP contribution is 2.35. The van der Waals surface area contributed by atoms with E-state index in [1.54, 1.807) is 0 Å². The van der Waals surface area contributed by atoms with Gasteiger partial charge in [-0.25, -0.2) is 0 Å². The summed E-state index contributed by atoms with van der Waals surface area (Å²) in [6.45, 7) is 3.79. The summed E-state index contributed by atoms with van der Waals surface area (Å²) in [6.07, 6.45) is 26.0. The smallest absolute Gasteiger partial charge is 0.309 e. The molecule has 0 radical (unpaired) electrons. The Bertz CT molecular complexity index is 788. The summed E-state index contributed by atoms with van der Waals surface area (Å²) in [4.78, 5) is 23.1. The molecule has 2 N–H and O–H groups in total. The third-order valence-corrected chi connectivity index (χ3v) is 10.3. The van der Waals surface area contributed by atoms with E-state index in [0.717, 1.165) is 77.0 Å². The summed E-state index contributed by atoms with van der Waals surface area (Å²) in [7, 11) is 0. The van der Waals surface area contributed by atoms with Crippen molar-refractivity contribution < 1.29 is 34.0 Å². The van der Waals surface area contributed by atoms with Crippen LogP contribution in [-0.4, -0.2) is 64.7 Å². The predicted molar refractivity (Wildman–Crippen MR) is 174 cm³/mol. The van der Waals surface area contributed by atoms with E-state index in [9.17, 15) is 19.8 Å². The molecular weight excluding hydrogens is 556 g/mol. The molecule has 3 aliphatic rings. The van der Waals surface area contributed by atoms with Gasteiger partial charge in [0.05, 0.1) is 42.5 Å². The van der Waals surface area contributed by atoms with Gasteiger partial charge >= 0.3 is 5.97 Å². The van der Waals surface area contributed by atoms with Crippen LogP contribution in [0.5, 0.6) is 0 Å². The van der Waals surface area contributed by atoms with E-state index in [2.05, 4.69) is 6.92 Å². The van der Waals surface area contributed by atoms with Crippen molar-refractivity contribution in [2.75, 3.05) is 0 Å². The van der Waals surface area contributed by atoms with E-state index in [4.69, 9.17) is 14.2 Å². The van der Waals surface area contributed by atoms with Crippen LogP contribution in [0, 0.1) is 5.92 Å². The Balaban J connectivity index is 1.13. The van der Waals surface area contributed by atoms with Gasteiger partial charge in [-0.3, -0.25) is 4.79 Å². The zero-order chi connectivity index (χ0) is 31.6. The van der Waals surface area contributed by atoms with Crippen molar-refractivity contribution in [2.45, 2.75) is 217 Å². The summed E-state index contributed by atoms with van der Waals surface area (Å²) >= 11 is 0. The molecule has 0 unspecified atom stereocenters. The summed E-state index contributed by atoms with van der Waals surface area (Å²) in [5.41, 5.74) is 0. The molecule has 8 atom stereocenters. The number of carbonyl (C=O) groups is 2. The van der Waals surface area contributed by atoms with Gasteiger partial charge in [0.1, 0.15) is 11.9 Å². The largest absolute Gasteiger partial charge is 0.462 e. The van der Waals surface area contributed by atoms with Crippen molar-refractivity contribution in [2.24, 2.45) is 5.92 Å². The fourth-order valence-corrected chi connectivity index (χ4v) is 7.55. The lowest BCUT2D eigenvalue weighted by atomic mass is 9.96. The number of ether oxygens (including phenoxy) is 3. The Labute approximate surface area is 268 Å². The van der Waals surface area contributed by atoms with Crippen LogP contribution in [-0.2, 0) is 23.8 Å². The average molecular weight is 623 g/mol. The normalized spacial score (nSPS) is 28.4. The van der Waals surface area contributed by atoms with Crippen LogP contribution in [0.1, 0.15) is 174 Å². The molecule has 7 heteroatoms. The second-order valence-electron chi connectivity index (χ2n) is 14.3. The summed E-state index contributed by atoms with van der Waals surface area (Å²) < 4.78 is 18.0. The van der Waals surface area contributed by atoms with Gasteiger partial charge in [-0.2, -0.15) is 0 Å². The van der Waals surface area contributed by atoms with E-state index in [1.807, 2.05) is 0 Å². The molecule has 0 spiro atoms. The predicted octanol–water partition coefficient (Wildman–Crippen LogP) is 8.15. The molecule has 3 rings (SSSR count). The van der Waals surface area contributed by atoms with Gasteiger partial charge in [0.25, 0.3) is 0 Å². The van der Waals surface area contributed by atoms with E-state index in [0.29, 0.717) is 12.8 Å². The molecule has 0 aromatic carbocycles. The van der Waals surface area contributed by atoms with E-state index < -0.39 is 6.10 Å². The molecule has 256 valence electrons. The molecule has 3 aliphatic heterocycles. The van der Waals surface area contributed by atoms with Crippen LogP contribution in [0.25, 0.3) is 0 Å². The van der Waals surface area contributed by atoms with Crippen molar-refractivity contribution in [3.8, 4) is 0 Å². The molecule has 3 heterocycles. The van der Waals surface area contributed by atoms with Crippen molar-refractivity contribution in [3.05, 3.63) is 0 Å². The molecule has 0 aromatic rings. The Hall–Kier alpha value is -1.02. The number of unbranched alkanes of at least 4 members (excludes halogenated alkanes) is 14. The SMILES string of the molecule is CCCCCCCCCC[C@H](O)[C@H]1CC[C@H]([C@H]2CC[C@H]([C@H](O)CCCCCCCCCC[C@@H]3C[C@@H](CC(C)=O)C(=O)O3)O2)O1.